The van der Waals surface area contributed by atoms with Gasteiger partial charge < -0.3 is 28.8 Å². The number of hydrogen-bond donors (Lipinski definition) is 1. The number of ether oxygens (including phenoxy) is 4. The lowest BCUT2D eigenvalue weighted by molar-refractivity contribution is -0.126. The molecule has 0 fully saturated rings. The number of hydrogen-bond acceptors (Lipinski definition) is 8. The van der Waals surface area contributed by atoms with E-state index < -0.39 is 0 Å². The number of rotatable bonds is 14. The van der Waals surface area contributed by atoms with Crippen LogP contribution in [-0.2, 0) is 22.6 Å². The molecule has 0 bridgehead atoms. The van der Waals surface area contributed by atoms with Crippen LogP contribution in [0.4, 0.5) is 4.39 Å². The summed E-state index contributed by atoms with van der Waals surface area (Å²) in [4.78, 5) is 16.3. The number of carbonyl (C=O) groups excluding carboxylic acids is 1. The molecule has 10 heteroatoms. The number of carbonyl (C=O) groups is 1. The minimum atomic E-state index is -0.301. The lowest BCUT2D eigenvalue weighted by Crippen LogP contribution is -2.28. The van der Waals surface area contributed by atoms with Crippen molar-refractivity contribution in [2.75, 3.05) is 34.5 Å². The van der Waals surface area contributed by atoms with Crippen LogP contribution in [0.1, 0.15) is 30.7 Å². The Morgan fingerprint density at radius 3 is 2.37 bits per heavy atom. The number of benzene rings is 2. The van der Waals surface area contributed by atoms with Gasteiger partial charge in [0.05, 0.1) is 27.9 Å². The Labute approximate surface area is 203 Å². The topological polar surface area (TPSA) is 105 Å². The van der Waals surface area contributed by atoms with Gasteiger partial charge in [0.25, 0.3) is 0 Å². The summed E-state index contributed by atoms with van der Waals surface area (Å²) in [6.07, 6.45) is 3.18. The van der Waals surface area contributed by atoms with Crippen LogP contribution in [0.15, 0.2) is 40.9 Å². The van der Waals surface area contributed by atoms with Crippen LogP contribution in [0.2, 0.25) is 0 Å². The third-order valence-corrected chi connectivity index (χ3v) is 5.20. The molecular weight excluding hydrogens is 457 g/mol. The maximum absolute atomic E-state index is 12.9. The van der Waals surface area contributed by atoms with Gasteiger partial charge >= 0.3 is 0 Å². The lowest BCUT2D eigenvalue weighted by atomic mass is 10.1. The van der Waals surface area contributed by atoms with Crippen LogP contribution in [0, 0.1) is 5.82 Å². The van der Waals surface area contributed by atoms with E-state index in [-0.39, 0.29) is 24.9 Å². The molecule has 1 heterocycles. The molecule has 0 spiro atoms. The quantitative estimate of drug-likeness (QED) is 0.341. The van der Waals surface area contributed by atoms with Gasteiger partial charge in [-0.1, -0.05) is 23.7 Å². The maximum atomic E-state index is 12.9. The SMILES string of the molecule is COc1cc(-c2noc(CCCCCNC(=O)COCc3ccc(F)cc3)n2)cc(OC)c1OC. The van der Waals surface area contributed by atoms with Crippen molar-refractivity contribution in [2.45, 2.75) is 32.3 Å². The Balaban J connectivity index is 1.35. The summed E-state index contributed by atoms with van der Waals surface area (Å²) in [5.41, 5.74) is 1.51. The molecule has 0 unspecified atom stereocenters. The van der Waals surface area contributed by atoms with Crippen LogP contribution in [0.5, 0.6) is 17.2 Å². The molecule has 188 valence electrons. The molecule has 1 N–H and O–H groups in total. The molecule has 35 heavy (non-hydrogen) atoms. The molecule has 3 rings (SSSR count). The van der Waals surface area contributed by atoms with Crippen molar-refractivity contribution in [2.24, 2.45) is 0 Å². The molecule has 0 radical (unpaired) electrons. The highest BCUT2D eigenvalue weighted by atomic mass is 19.1. The Morgan fingerprint density at radius 1 is 1.00 bits per heavy atom. The molecule has 0 atom stereocenters. The van der Waals surface area contributed by atoms with Crippen LogP contribution in [-0.4, -0.2) is 50.5 Å². The number of aryl methyl sites for hydroxylation is 1. The molecule has 9 nitrogen and oxygen atoms in total. The molecule has 0 aliphatic heterocycles. The summed E-state index contributed by atoms with van der Waals surface area (Å²) < 4.78 is 39.7. The standard InChI is InChI=1S/C25H30FN3O6/c1-31-20-13-18(14-21(32-2)24(20)33-3)25-28-23(35-29-25)7-5-4-6-12-27-22(30)16-34-15-17-8-10-19(26)11-9-17/h8-11,13-14H,4-7,12,15-16H2,1-3H3,(H,27,30). The van der Waals surface area contributed by atoms with Gasteiger partial charge in [0.1, 0.15) is 12.4 Å². The fourth-order valence-electron chi connectivity index (χ4n) is 3.38. The number of aromatic nitrogens is 2. The average Bonchev–Trinajstić information content (AvgIpc) is 3.35. The lowest BCUT2D eigenvalue weighted by Gasteiger charge is -2.12. The zero-order valence-corrected chi connectivity index (χ0v) is 20.1. The van der Waals surface area contributed by atoms with Gasteiger partial charge in [0, 0.05) is 18.5 Å². The van der Waals surface area contributed by atoms with E-state index in [1.54, 1.807) is 45.6 Å². The van der Waals surface area contributed by atoms with Gasteiger partial charge in [-0.25, -0.2) is 4.39 Å². The summed E-state index contributed by atoms with van der Waals surface area (Å²) >= 11 is 0. The Hall–Kier alpha value is -3.66. The number of nitrogens with one attached hydrogen (secondary N) is 1. The number of unbranched alkanes of at least 4 members (excludes halogenated alkanes) is 2. The van der Waals surface area contributed by atoms with E-state index in [2.05, 4.69) is 15.5 Å². The van der Waals surface area contributed by atoms with Gasteiger partial charge in [-0.2, -0.15) is 4.98 Å². The zero-order valence-electron chi connectivity index (χ0n) is 20.1. The van der Waals surface area contributed by atoms with Gasteiger partial charge in [-0.3, -0.25) is 4.79 Å². The molecule has 0 aliphatic carbocycles. The van der Waals surface area contributed by atoms with Gasteiger partial charge in [0.15, 0.2) is 11.5 Å². The average molecular weight is 488 g/mol. The molecule has 1 amide bonds. The fraction of sp³-hybridized carbons (Fsp3) is 0.400. The van der Waals surface area contributed by atoms with Crippen LogP contribution in [0.25, 0.3) is 11.4 Å². The van der Waals surface area contributed by atoms with E-state index in [9.17, 15) is 9.18 Å². The first-order valence-electron chi connectivity index (χ1n) is 11.3. The Morgan fingerprint density at radius 2 is 1.71 bits per heavy atom. The van der Waals surface area contributed by atoms with Gasteiger partial charge in [0.2, 0.25) is 23.4 Å². The highest BCUT2D eigenvalue weighted by molar-refractivity contribution is 5.77. The largest absolute Gasteiger partial charge is 0.493 e. The van der Waals surface area contributed by atoms with E-state index >= 15 is 0 Å². The molecule has 2 aromatic carbocycles. The van der Waals surface area contributed by atoms with Gasteiger partial charge in [-0.15, -0.1) is 0 Å². The van der Waals surface area contributed by atoms with Crippen molar-refractivity contribution in [1.82, 2.24) is 15.5 Å². The van der Waals surface area contributed by atoms with Crippen molar-refractivity contribution < 1.29 is 32.7 Å². The van der Waals surface area contributed by atoms with E-state index in [0.717, 1.165) is 24.8 Å². The third-order valence-electron chi connectivity index (χ3n) is 5.20. The molecule has 0 saturated carbocycles. The second-order valence-electron chi connectivity index (χ2n) is 7.71. The van der Waals surface area contributed by atoms with Crippen LogP contribution >= 0.6 is 0 Å². The van der Waals surface area contributed by atoms with Crippen molar-refractivity contribution in [3.8, 4) is 28.6 Å². The monoisotopic (exact) mass is 487 g/mol. The van der Waals surface area contributed by atoms with Crippen molar-refractivity contribution in [3.63, 3.8) is 0 Å². The smallest absolute Gasteiger partial charge is 0.246 e. The van der Waals surface area contributed by atoms with Crippen LogP contribution < -0.4 is 19.5 Å². The van der Waals surface area contributed by atoms with E-state index in [1.807, 2.05) is 0 Å². The zero-order chi connectivity index (χ0) is 25.0. The Bertz CT molecular complexity index is 1060. The summed E-state index contributed by atoms with van der Waals surface area (Å²) in [6.45, 7) is 0.776. The number of amides is 1. The second kappa shape index (κ2) is 13.3. The molecule has 1 aromatic heterocycles. The van der Waals surface area contributed by atoms with Crippen molar-refractivity contribution >= 4 is 5.91 Å². The number of methoxy groups -OCH3 is 3. The first-order chi connectivity index (χ1) is 17.0. The fourth-order valence-corrected chi connectivity index (χ4v) is 3.38. The van der Waals surface area contributed by atoms with Gasteiger partial charge in [-0.05, 0) is 42.7 Å². The highest BCUT2D eigenvalue weighted by Crippen LogP contribution is 2.40. The molecule has 0 aliphatic rings. The summed E-state index contributed by atoms with van der Waals surface area (Å²) in [7, 11) is 4.64. The number of halogens is 1. The Kier molecular flexibility index (Phi) is 9.85. The predicted octanol–water partition coefficient (Wildman–Crippen LogP) is 3.95. The first kappa shape index (κ1) is 26.0. The van der Waals surface area contributed by atoms with Crippen molar-refractivity contribution in [3.05, 3.63) is 53.7 Å². The summed E-state index contributed by atoms with van der Waals surface area (Å²) in [5, 5.41) is 6.88. The normalized spacial score (nSPS) is 10.7. The molecule has 0 saturated heterocycles. The maximum Gasteiger partial charge on any atom is 0.246 e. The van der Waals surface area contributed by atoms with Crippen molar-refractivity contribution in [1.29, 1.82) is 0 Å². The number of nitrogens with zero attached hydrogens (tertiary/aromatic N) is 2. The van der Waals surface area contributed by atoms with Crippen LogP contribution in [0.3, 0.4) is 0 Å². The third kappa shape index (κ3) is 7.68. The predicted molar refractivity (Wildman–Crippen MR) is 126 cm³/mol. The molecule has 3 aromatic rings. The minimum Gasteiger partial charge on any atom is -0.493 e. The molecular formula is C25H30FN3O6. The summed E-state index contributed by atoms with van der Waals surface area (Å²) in [6, 6.07) is 9.52. The van der Waals surface area contributed by atoms with E-state index in [0.29, 0.717) is 47.5 Å². The first-order valence-corrected chi connectivity index (χ1v) is 11.3. The minimum absolute atomic E-state index is 0.0386. The summed E-state index contributed by atoms with van der Waals surface area (Å²) in [5.74, 6) is 2.00. The highest BCUT2D eigenvalue weighted by Gasteiger charge is 2.17. The van der Waals surface area contributed by atoms with E-state index in [4.69, 9.17) is 23.5 Å². The second-order valence-corrected chi connectivity index (χ2v) is 7.71. The van der Waals surface area contributed by atoms with E-state index in [1.165, 1.54) is 12.1 Å².